The fraction of sp³-hybridized carbons (Fsp3) is 0.476. The minimum Gasteiger partial charge on any atom is -0.494 e. The van der Waals surface area contributed by atoms with Crippen LogP contribution in [0.3, 0.4) is 0 Å². The Balaban J connectivity index is 2.54. The Morgan fingerprint density at radius 3 is 2.72 bits per heavy atom. The van der Waals surface area contributed by atoms with E-state index < -0.39 is 0 Å². The van der Waals surface area contributed by atoms with Gasteiger partial charge in [-0.05, 0) is 37.5 Å². The number of unbranched alkanes of at least 4 members (excludes halogenated alkanes) is 3. The molecule has 0 unspecified atom stereocenters. The van der Waals surface area contributed by atoms with Crippen molar-refractivity contribution < 1.29 is 9.53 Å². The van der Waals surface area contributed by atoms with Gasteiger partial charge in [-0.15, -0.1) is 0 Å². The Kier molecular flexibility index (Phi) is 10.1. The van der Waals surface area contributed by atoms with Crippen LogP contribution in [-0.4, -0.2) is 12.5 Å². The number of amides is 1. The Hall–Kier alpha value is -2.23. The van der Waals surface area contributed by atoms with Gasteiger partial charge in [0.15, 0.2) is 0 Å². The average molecular weight is 344 g/mol. The number of ether oxygens (including phenoxy) is 1. The van der Waals surface area contributed by atoms with Gasteiger partial charge in [-0.2, -0.15) is 0 Å². The standard InChI is InChI=1S/C21H32N2O2/c1-4-6-8-9-14-25-19-12-10-11-18(15-19)16-23-21(24)20(17(3)22)13-7-5-2/h7,10-13,15H,4-6,8-9,14,16,22H2,1-3H3,(H,23,24)/b13-7-,20-17-. The minimum absolute atomic E-state index is 0.157. The Labute approximate surface area is 152 Å². The van der Waals surface area contributed by atoms with E-state index in [0.717, 1.165) is 30.8 Å². The summed E-state index contributed by atoms with van der Waals surface area (Å²) in [6.07, 6.45) is 9.31. The van der Waals surface area contributed by atoms with Crippen molar-refractivity contribution in [1.82, 2.24) is 5.32 Å². The van der Waals surface area contributed by atoms with Crippen LogP contribution < -0.4 is 15.8 Å². The molecule has 0 aromatic heterocycles. The van der Waals surface area contributed by atoms with Crippen LogP contribution in [0, 0.1) is 0 Å². The maximum absolute atomic E-state index is 12.3. The molecule has 0 saturated heterocycles. The lowest BCUT2D eigenvalue weighted by Gasteiger charge is -2.10. The Bertz CT molecular complexity index is 587. The molecule has 4 nitrogen and oxygen atoms in total. The zero-order valence-electron chi connectivity index (χ0n) is 15.8. The molecule has 1 aromatic rings. The molecule has 0 heterocycles. The molecule has 3 N–H and O–H groups in total. The van der Waals surface area contributed by atoms with Gasteiger partial charge in [0.05, 0.1) is 12.2 Å². The fourth-order valence-corrected chi connectivity index (χ4v) is 2.36. The first kappa shape index (κ1) is 20.8. The third kappa shape index (κ3) is 8.43. The smallest absolute Gasteiger partial charge is 0.253 e. The van der Waals surface area contributed by atoms with Gasteiger partial charge in [-0.3, -0.25) is 4.79 Å². The van der Waals surface area contributed by atoms with E-state index in [4.69, 9.17) is 10.5 Å². The average Bonchev–Trinajstić information content (AvgIpc) is 2.60. The quantitative estimate of drug-likeness (QED) is 0.354. The lowest BCUT2D eigenvalue weighted by atomic mass is 10.1. The molecule has 0 atom stereocenters. The number of hydrogen-bond donors (Lipinski definition) is 2. The van der Waals surface area contributed by atoms with Gasteiger partial charge in [-0.25, -0.2) is 0 Å². The van der Waals surface area contributed by atoms with E-state index >= 15 is 0 Å². The monoisotopic (exact) mass is 344 g/mol. The number of hydrogen-bond acceptors (Lipinski definition) is 3. The maximum atomic E-state index is 12.3. The van der Waals surface area contributed by atoms with Gasteiger partial charge in [0, 0.05) is 12.2 Å². The molecule has 4 heteroatoms. The van der Waals surface area contributed by atoms with Crippen molar-refractivity contribution >= 4 is 5.91 Å². The summed E-state index contributed by atoms with van der Waals surface area (Å²) >= 11 is 0. The summed E-state index contributed by atoms with van der Waals surface area (Å²) in [6, 6.07) is 7.85. The molecule has 0 radical (unpaired) electrons. The van der Waals surface area contributed by atoms with Crippen molar-refractivity contribution in [2.45, 2.75) is 59.4 Å². The molecule has 0 aliphatic carbocycles. The van der Waals surface area contributed by atoms with E-state index in [-0.39, 0.29) is 5.91 Å². The van der Waals surface area contributed by atoms with Gasteiger partial charge >= 0.3 is 0 Å². The van der Waals surface area contributed by atoms with Crippen LogP contribution in [0.4, 0.5) is 0 Å². The molecule has 138 valence electrons. The molecule has 0 aliphatic heterocycles. The van der Waals surface area contributed by atoms with Gasteiger partial charge in [0.2, 0.25) is 0 Å². The molecule has 0 saturated carbocycles. The number of benzene rings is 1. The van der Waals surface area contributed by atoms with Gasteiger partial charge in [0.25, 0.3) is 5.91 Å². The van der Waals surface area contributed by atoms with E-state index in [9.17, 15) is 4.79 Å². The Morgan fingerprint density at radius 1 is 1.24 bits per heavy atom. The summed E-state index contributed by atoms with van der Waals surface area (Å²) in [5.74, 6) is 0.690. The molecular weight excluding hydrogens is 312 g/mol. The summed E-state index contributed by atoms with van der Waals surface area (Å²) in [5, 5.41) is 2.92. The molecule has 0 fully saturated rings. The Morgan fingerprint density at radius 2 is 2.04 bits per heavy atom. The van der Waals surface area contributed by atoms with E-state index in [1.54, 1.807) is 13.0 Å². The first-order chi connectivity index (χ1) is 12.1. The molecular formula is C21H32N2O2. The number of rotatable bonds is 11. The van der Waals surface area contributed by atoms with Crippen molar-refractivity contribution in [1.29, 1.82) is 0 Å². The van der Waals surface area contributed by atoms with Crippen LogP contribution in [-0.2, 0) is 11.3 Å². The highest BCUT2D eigenvalue weighted by Crippen LogP contribution is 2.14. The first-order valence-electron chi connectivity index (χ1n) is 9.21. The predicted molar refractivity (Wildman–Crippen MR) is 104 cm³/mol. The van der Waals surface area contributed by atoms with Crippen LogP contribution in [0.5, 0.6) is 5.75 Å². The number of carbonyl (C=O) groups is 1. The number of allylic oxidation sites excluding steroid dienone is 2. The summed E-state index contributed by atoms with van der Waals surface area (Å²) in [5.41, 5.74) is 7.85. The van der Waals surface area contributed by atoms with Crippen LogP contribution >= 0.6 is 0 Å². The molecule has 25 heavy (non-hydrogen) atoms. The van der Waals surface area contributed by atoms with Crippen molar-refractivity contribution in [3.05, 3.63) is 53.3 Å². The highest BCUT2D eigenvalue weighted by molar-refractivity contribution is 5.96. The molecule has 0 aliphatic rings. The lowest BCUT2D eigenvalue weighted by molar-refractivity contribution is -0.117. The minimum atomic E-state index is -0.157. The second kappa shape index (κ2) is 12.2. The van der Waals surface area contributed by atoms with Crippen molar-refractivity contribution in [2.24, 2.45) is 5.73 Å². The van der Waals surface area contributed by atoms with Crippen molar-refractivity contribution in [3.8, 4) is 5.75 Å². The van der Waals surface area contributed by atoms with Crippen LogP contribution in [0.15, 0.2) is 47.7 Å². The second-order valence-electron chi connectivity index (χ2n) is 6.15. The third-order valence-electron chi connectivity index (χ3n) is 3.81. The molecule has 1 aromatic carbocycles. The normalized spacial score (nSPS) is 12.1. The highest BCUT2D eigenvalue weighted by Gasteiger charge is 2.08. The number of nitrogens with one attached hydrogen (secondary N) is 1. The highest BCUT2D eigenvalue weighted by atomic mass is 16.5. The number of carbonyl (C=O) groups excluding carboxylic acids is 1. The summed E-state index contributed by atoms with van der Waals surface area (Å²) in [6.45, 7) is 7.14. The molecule has 0 spiro atoms. The van der Waals surface area contributed by atoms with Gasteiger partial charge in [0.1, 0.15) is 5.75 Å². The molecule has 1 rings (SSSR count). The second-order valence-corrected chi connectivity index (χ2v) is 6.15. The predicted octanol–water partition coefficient (Wildman–Crippen LogP) is 4.46. The van der Waals surface area contributed by atoms with E-state index in [0.29, 0.717) is 17.8 Å². The summed E-state index contributed by atoms with van der Waals surface area (Å²) in [4.78, 5) is 12.3. The van der Waals surface area contributed by atoms with Crippen molar-refractivity contribution in [2.75, 3.05) is 6.61 Å². The summed E-state index contributed by atoms with van der Waals surface area (Å²) < 4.78 is 5.79. The van der Waals surface area contributed by atoms with E-state index in [1.165, 1.54) is 19.3 Å². The third-order valence-corrected chi connectivity index (χ3v) is 3.81. The number of nitrogens with two attached hydrogens (primary N) is 1. The SMILES string of the molecule is CC/C=C\C(C(=O)NCc1cccc(OCCCCCC)c1)=C(/C)N. The topological polar surface area (TPSA) is 64.3 Å². The molecule has 0 bridgehead atoms. The first-order valence-corrected chi connectivity index (χ1v) is 9.21. The summed E-state index contributed by atoms with van der Waals surface area (Å²) in [7, 11) is 0. The van der Waals surface area contributed by atoms with Crippen LogP contribution in [0.25, 0.3) is 0 Å². The zero-order valence-corrected chi connectivity index (χ0v) is 15.8. The lowest BCUT2D eigenvalue weighted by Crippen LogP contribution is -2.25. The zero-order chi connectivity index (χ0) is 18.5. The van der Waals surface area contributed by atoms with Crippen LogP contribution in [0.2, 0.25) is 0 Å². The van der Waals surface area contributed by atoms with E-state index in [2.05, 4.69) is 12.2 Å². The van der Waals surface area contributed by atoms with E-state index in [1.807, 2.05) is 37.3 Å². The van der Waals surface area contributed by atoms with Crippen molar-refractivity contribution in [3.63, 3.8) is 0 Å². The molecule has 1 amide bonds. The van der Waals surface area contributed by atoms with Crippen LogP contribution in [0.1, 0.15) is 58.4 Å². The van der Waals surface area contributed by atoms with Gasteiger partial charge in [-0.1, -0.05) is 57.4 Å². The maximum Gasteiger partial charge on any atom is 0.253 e. The largest absolute Gasteiger partial charge is 0.494 e. The van der Waals surface area contributed by atoms with Gasteiger partial charge < -0.3 is 15.8 Å². The fourth-order valence-electron chi connectivity index (χ4n) is 2.36.